The molecule has 0 saturated heterocycles. The van der Waals surface area contributed by atoms with Crippen LogP contribution in [0.4, 0.5) is 0 Å². The average Bonchev–Trinajstić information content (AvgIpc) is 2.71. The van der Waals surface area contributed by atoms with E-state index in [1.807, 2.05) is 14.0 Å². The Morgan fingerprint density at radius 1 is 1.40 bits per heavy atom. The van der Waals surface area contributed by atoms with E-state index in [1.54, 1.807) is 10.9 Å². The number of nitrogens with zero attached hydrogens (tertiary/aromatic N) is 2. The Labute approximate surface area is 126 Å². The Morgan fingerprint density at radius 2 is 2.00 bits per heavy atom. The van der Waals surface area contributed by atoms with Gasteiger partial charge in [-0.3, -0.25) is 4.68 Å². The van der Waals surface area contributed by atoms with Gasteiger partial charge in [-0.1, -0.05) is 25.4 Å². The molecule has 0 aliphatic heterocycles. The highest BCUT2D eigenvalue weighted by atomic mass is 35.5. The Hall–Kier alpha value is -0.580. The number of hydrogen-bond acceptors (Lipinski definition) is 3. The zero-order valence-electron chi connectivity index (χ0n) is 12.9. The van der Waals surface area contributed by atoms with E-state index in [-0.39, 0.29) is 11.6 Å². The number of rotatable bonds is 4. The molecule has 114 valence electrons. The van der Waals surface area contributed by atoms with Crippen molar-refractivity contribution in [1.82, 2.24) is 9.78 Å². The molecule has 1 unspecified atom stereocenters. The van der Waals surface area contributed by atoms with Gasteiger partial charge in [0.05, 0.1) is 28.6 Å². The van der Waals surface area contributed by atoms with Gasteiger partial charge in [0.2, 0.25) is 0 Å². The number of aryl methyl sites for hydroxylation is 1. The van der Waals surface area contributed by atoms with E-state index in [0.29, 0.717) is 17.0 Å². The lowest BCUT2D eigenvalue weighted by Gasteiger charge is -2.46. The maximum atomic E-state index is 6.56. The number of halogens is 1. The highest BCUT2D eigenvalue weighted by Crippen LogP contribution is 2.47. The fourth-order valence-electron chi connectivity index (χ4n) is 3.20. The predicted molar refractivity (Wildman–Crippen MR) is 81.8 cm³/mol. The lowest BCUT2D eigenvalue weighted by molar-refractivity contribution is -0.101. The van der Waals surface area contributed by atoms with Crippen molar-refractivity contribution < 1.29 is 4.74 Å². The van der Waals surface area contributed by atoms with Crippen molar-refractivity contribution in [3.05, 3.63) is 16.9 Å². The van der Waals surface area contributed by atoms with E-state index < -0.39 is 0 Å². The van der Waals surface area contributed by atoms with Gasteiger partial charge in [0.25, 0.3) is 0 Å². The molecule has 0 bridgehead atoms. The van der Waals surface area contributed by atoms with Crippen molar-refractivity contribution in [1.29, 1.82) is 0 Å². The maximum absolute atomic E-state index is 6.56. The molecule has 0 spiro atoms. The summed E-state index contributed by atoms with van der Waals surface area (Å²) in [5.74, 6) is 0. The van der Waals surface area contributed by atoms with Crippen LogP contribution in [0, 0.1) is 5.41 Å². The third-order valence-electron chi connectivity index (χ3n) is 4.68. The highest BCUT2D eigenvalue weighted by Gasteiger charge is 2.45. The van der Waals surface area contributed by atoms with Gasteiger partial charge in [0, 0.05) is 13.7 Å². The summed E-state index contributed by atoms with van der Waals surface area (Å²) >= 11 is 6.26. The lowest BCUT2D eigenvalue weighted by atomic mass is 9.68. The van der Waals surface area contributed by atoms with Crippen LogP contribution in [0.2, 0.25) is 5.02 Å². The van der Waals surface area contributed by atoms with Crippen LogP contribution in [0.1, 0.15) is 58.2 Å². The normalized spacial score (nSPS) is 22.7. The zero-order chi connectivity index (χ0) is 15.0. The van der Waals surface area contributed by atoms with Crippen molar-refractivity contribution in [2.45, 2.75) is 58.1 Å². The summed E-state index contributed by atoms with van der Waals surface area (Å²) in [6.45, 7) is 7.32. The first-order valence-corrected chi connectivity index (χ1v) is 7.76. The van der Waals surface area contributed by atoms with Gasteiger partial charge in [-0.15, -0.1) is 0 Å². The predicted octanol–water partition coefficient (Wildman–Crippen LogP) is 3.45. The number of hydrogen-bond donors (Lipinski definition) is 1. The SMILES string of the molecule is CCOC1(C(N)c2c(Cl)cnn2C)CCC(C)(C)CC1. The topological polar surface area (TPSA) is 53.1 Å². The summed E-state index contributed by atoms with van der Waals surface area (Å²) in [4.78, 5) is 0. The van der Waals surface area contributed by atoms with E-state index in [1.165, 1.54) is 0 Å². The molecule has 1 aromatic heterocycles. The summed E-state index contributed by atoms with van der Waals surface area (Å²) in [6.07, 6.45) is 5.84. The third-order valence-corrected chi connectivity index (χ3v) is 4.97. The molecule has 0 amide bonds. The van der Waals surface area contributed by atoms with Crippen molar-refractivity contribution in [3.63, 3.8) is 0 Å². The minimum Gasteiger partial charge on any atom is -0.373 e. The van der Waals surface area contributed by atoms with Crippen molar-refractivity contribution in [2.24, 2.45) is 18.2 Å². The summed E-state index contributed by atoms with van der Waals surface area (Å²) < 4.78 is 7.91. The number of ether oxygens (including phenoxy) is 1. The number of aromatic nitrogens is 2. The van der Waals surface area contributed by atoms with Crippen molar-refractivity contribution in [3.8, 4) is 0 Å². The minimum absolute atomic E-state index is 0.237. The summed E-state index contributed by atoms with van der Waals surface area (Å²) in [6, 6.07) is -0.237. The molecule has 1 aliphatic rings. The minimum atomic E-state index is -0.318. The molecule has 4 nitrogen and oxygen atoms in total. The van der Waals surface area contributed by atoms with Crippen LogP contribution in [0.15, 0.2) is 6.20 Å². The molecule has 0 aromatic carbocycles. The lowest BCUT2D eigenvalue weighted by Crippen LogP contribution is -2.48. The Balaban J connectivity index is 2.29. The molecule has 1 fully saturated rings. The van der Waals surface area contributed by atoms with Crippen LogP contribution in [-0.2, 0) is 11.8 Å². The van der Waals surface area contributed by atoms with Gasteiger partial charge in [0.15, 0.2) is 0 Å². The average molecular weight is 300 g/mol. The fourth-order valence-corrected chi connectivity index (χ4v) is 3.49. The van der Waals surface area contributed by atoms with Gasteiger partial charge in [0.1, 0.15) is 0 Å². The van der Waals surface area contributed by atoms with Gasteiger partial charge >= 0.3 is 0 Å². The first-order chi connectivity index (χ1) is 9.31. The molecular weight excluding hydrogens is 274 g/mol. The molecule has 2 N–H and O–H groups in total. The first-order valence-electron chi connectivity index (χ1n) is 7.38. The second-order valence-electron chi connectivity index (χ2n) is 6.64. The summed E-state index contributed by atoms with van der Waals surface area (Å²) in [5, 5.41) is 4.83. The van der Waals surface area contributed by atoms with Gasteiger partial charge in [-0.2, -0.15) is 5.10 Å². The molecule has 5 heteroatoms. The van der Waals surface area contributed by atoms with Crippen LogP contribution < -0.4 is 5.73 Å². The van der Waals surface area contributed by atoms with Crippen LogP contribution in [0.25, 0.3) is 0 Å². The zero-order valence-corrected chi connectivity index (χ0v) is 13.7. The number of nitrogens with two attached hydrogens (primary N) is 1. The molecule has 1 aliphatic carbocycles. The van der Waals surface area contributed by atoms with Crippen molar-refractivity contribution in [2.75, 3.05) is 6.61 Å². The Kier molecular flexibility index (Phi) is 4.47. The van der Waals surface area contributed by atoms with E-state index in [0.717, 1.165) is 31.4 Å². The second kappa shape index (κ2) is 5.66. The smallest absolute Gasteiger partial charge is 0.0890 e. The summed E-state index contributed by atoms with van der Waals surface area (Å²) in [5.41, 5.74) is 7.48. The van der Waals surface area contributed by atoms with E-state index in [2.05, 4.69) is 18.9 Å². The van der Waals surface area contributed by atoms with Crippen LogP contribution in [0.3, 0.4) is 0 Å². The first kappa shape index (κ1) is 15.8. The molecule has 1 saturated carbocycles. The third kappa shape index (κ3) is 2.87. The molecule has 0 radical (unpaired) electrons. The molecule has 1 heterocycles. The van der Waals surface area contributed by atoms with Gasteiger partial charge in [-0.25, -0.2) is 0 Å². The fraction of sp³-hybridized carbons (Fsp3) is 0.800. The molecule has 1 aromatic rings. The van der Waals surface area contributed by atoms with E-state index in [9.17, 15) is 0 Å². The Morgan fingerprint density at radius 3 is 2.45 bits per heavy atom. The van der Waals surface area contributed by atoms with Crippen LogP contribution in [-0.4, -0.2) is 22.0 Å². The molecule has 1 atom stereocenters. The summed E-state index contributed by atoms with van der Waals surface area (Å²) in [7, 11) is 1.88. The monoisotopic (exact) mass is 299 g/mol. The van der Waals surface area contributed by atoms with Crippen LogP contribution >= 0.6 is 11.6 Å². The second-order valence-corrected chi connectivity index (χ2v) is 7.05. The van der Waals surface area contributed by atoms with E-state index >= 15 is 0 Å². The quantitative estimate of drug-likeness (QED) is 0.926. The standard InChI is InChI=1S/C15H26ClN3O/c1-5-20-15(8-6-14(2,3)7-9-15)13(17)12-11(16)10-18-19(12)4/h10,13H,5-9,17H2,1-4H3. The maximum Gasteiger partial charge on any atom is 0.0890 e. The molecular formula is C15H26ClN3O. The molecule has 20 heavy (non-hydrogen) atoms. The van der Waals surface area contributed by atoms with Gasteiger partial charge < -0.3 is 10.5 Å². The van der Waals surface area contributed by atoms with Crippen LogP contribution in [0.5, 0.6) is 0 Å². The molecule has 2 rings (SSSR count). The van der Waals surface area contributed by atoms with Gasteiger partial charge in [-0.05, 0) is 38.0 Å². The highest BCUT2D eigenvalue weighted by molar-refractivity contribution is 6.31. The largest absolute Gasteiger partial charge is 0.373 e. The van der Waals surface area contributed by atoms with Crippen molar-refractivity contribution >= 4 is 11.6 Å². The van der Waals surface area contributed by atoms with E-state index in [4.69, 9.17) is 22.1 Å². The Bertz CT molecular complexity index is 440.